The average molecular weight is 747 g/mol. The molecule has 2 aromatic rings. The summed E-state index contributed by atoms with van der Waals surface area (Å²) in [5, 5.41) is 10.2. The largest absolute Gasteiger partial charge is 0.444 e. The van der Waals surface area contributed by atoms with Gasteiger partial charge in [0.25, 0.3) is 0 Å². The Kier molecular flexibility index (Phi) is 8.89. The summed E-state index contributed by atoms with van der Waals surface area (Å²) in [4.78, 5) is 35.0. The fourth-order valence-electron chi connectivity index (χ4n) is 5.25. The third kappa shape index (κ3) is 6.02. The van der Waals surface area contributed by atoms with Crippen molar-refractivity contribution in [3.63, 3.8) is 0 Å². The van der Waals surface area contributed by atoms with Gasteiger partial charge in [0.1, 0.15) is 21.7 Å². The zero-order valence-corrected chi connectivity index (χ0v) is 28.2. The second kappa shape index (κ2) is 11.4. The number of anilines is 1. The third-order valence-electron chi connectivity index (χ3n) is 6.83. The maximum absolute atomic E-state index is 15.8. The zero-order valence-electron chi connectivity index (χ0n) is 23.6. The van der Waals surface area contributed by atoms with Gasteiger partial charge in [-0.15, -0.1) is 11.8 Å². The van der Waals surface area contributed by atoms with Gasteiger partial charge in [0.15, 0.2) is 5.82 Å². The minimum absolute atomic E-state index is 0.000126. The highest BCUT2D eigenvalue weighted by Gasteiger charge is 2.59. The number of rotatable bonds is 5. The van der Waals surface area contributed by atoms with Crippen LogP contribution >= 0.6 is 50.3 Å². The van der Waals surface area contributed by atoms with Crippen molar-refractivity contribution in [3.05, 3.63) is 25.5 Å². The SMILES string of the molecule is CSc1nc2c(F)c(Br)c(CCC#N)cc2c(N(C(=O)OC(C)(C)C)C2C3CC2N(C(=O)OC(C)(C)C)C3)c1I. The van der Waals surface area contributed by atoms with E-state index in [4.69, 9.17) is 14.7 Å². The smallest absolute Gasteiger partial charge is 0.415 e. The Labute approximate surface area is 260 Å². The number of fused-ring (bicyclic) bond motifs is 2. The van der Waals surface area contributed by atoms with Crippen LogP contribution in [-0.4, -0.2) is 58.2 Å². The Bertz CT molecular complexity index is 1400. The number of carbonyl (C=O) groups excluding carboxylic acids is 2. The first-order chi connectivity index (χ1) is 18.6. The topological polar surface area (TPSA) is 95.8 Å². The molecule has 2 aliphatic heterocycles. The van der Waals surface area contributed by atoms with E-state index in [9.17, 15) is 9.59 Å². The lowest BCUT2D eigenvalue weighted by atomic mass is 9.78. The molecule has 12 heteroatoms. The van der Waals surface area contributed by atoms with Gasteiger partial charge in [0.05, 0.1) is 31.9 Å². The Morgan fingerprint density at radius 1 is 1.27 bits per heavy atom. The Balaban J connectivity index is 1.92. The van der Waals surface area contributed by atoms with Crippen LogP contribution in [0.15, 0.2) is 15.6 Å². The second-order valence-electron chi connectivity index (χ2n) is 12.0. The predicted molar refractivity (Wildman–Crippen MR) is 165 cm³/mol. The molecule has 0 spiro atoms. The van der Waals surface area contributed by atoms with E-state index in [-0.39, 0.29) is 34.4 Å². The molecule has 3 heterocycles. The number of benzene rings is 1. The van der Waals surface area contributed by atoms with Crippen molar-refractivity contribution in [1.82, 2.24) is 9.88 Å². The number of halogens is 3. The van der Waals surface area contributed by atoms with Crippen LogP contribution in [0.5, 0.6) is 0 Å². The summed E-state index contributed by atoms with van der Waals surface area (Å²) < 4.78 is 28.3. The van der Waals surface area contributed by atoms with Crippen molar-refractivity contribution in [2.24, 2.45) is 5.92 Å². The number of nitrogens with zero attached hydrogens (tertiary/aromatic N) is 4. The molecular weight excluding hydrogens is 714 g/mol. The van der Waals surface area contributed by atoms with Crippen molar-refractivity contribution in [2.45, 2.75) is 89.1 Å². The highest BCUT2D eigenvalue weighted by atomic mass is 127. The maximum atomic E-state index is 15.8. The van der Waals surface area contributed by atoms with Crippen LogP contribution in [0.25, 0.3) is 10.9 Å². The number of amides is 2. The molecule has 3 unspecified atom stereocenters. The number of carbonyl (C=O) groups is 2. The van der Waals surface area contributed by atoms with Crippen LogP contribution in [0.1, 0.15) is 59.9 Å². The minimum Gasteiger partial charge on any atom is -0.444 e. The van der Waals surface area contributed by atoms with Gasteiger partial charge in [-0.05, 0) is 111 Å². The second-order valence-corrected chi connectivity index (χ2v) is 14.7. The van der Waals surface area contributed by atoms with E-state index in [1.54, 1.807) is 36.6 Å². The minimum atomic E-state index is -0.786. The first-order valence-electron chi connectivity index (χ1n) is 13.0. The van der Waals surface area contributed by atoms with Crippen molar-refractivity contribution >= 4 is 79.1 Å². The van der Waals surface area contributed by atoms with E-state index in [2.05, 4.69) is 49.6 Å². The van der Waals surface area contributed by atoms with E-state index >= 15 is 4.39 Å². The molecule has 3 fully saturated rings. The number of hydrogen-bond donors (Lipinski definition) is 0. The molecule has 0 radical (unpaired) electrons. The molecule has 2 amide bonds. The molecule has 1 aromatic carbocycles. The van der Waals surface area contributed by atoms with Crippen molar-refractivity contribution in [3.8, 4) is 6.07 Å². The van der Waals surface area contributed by atoms with Crippen LogP contribution in [0.3, 0.4) is 0 Å². The van der Waals surface area contributed by atoms with Gasteiger partial charge >= 0.3 is 12.2 Å². The number of hydrogen-bond acceptors (Lipinski definition) is 7. The van der Waals surface area contributed by atoms with E-state index < -0.39 is 29.2 Å². The fourth-order valence-corrected chi connectivity index (χ4v) is 7.54. The summed E-state index contributed by atoms with van der Waals surface area (Å²) in [7, 11) is 0. The molecule has 216 valence electrons. The van der Waals surface area contributed by atoms with E-state index in [1.807, 2.05) is 27.0 Å². The maximum Gasteiger partial charge on any atom is 0.415 e. The van der Waals surface area contributed by atoms with E-state index in [0.29, 0.717) is 38.2 Å². The zero-order chi connectivity index (χ0) is 29.7. The van der Waals surface area contributed by atoms with Crippen LogP contribution in [-0.2, 0) is 15.9 Å². The molecule has 8 nitrogen and oxygen atoms in total. The summed E-state index contributed by atoms with van der Waals surface area (Å²) in [5.74, 6) is -0.547. The first kappa shape index (κ1) is 31.1. The van der Waals surface area contributed by atoms with Gasteiger partial charge in [-0.1, -0.05) is 0 Å². The van der Waals surface area contributed by atoms with Crippen LogP contribution < -0.4 is 4.90 Å². The number of nitriles is 1. The summed E-state index contributed by atoms with van der Waals surface area (Å²) in [5.41, 5.74) is -0.209. The molecule has 3 atom stereocenters. The molecule has 5 rings (SSSR count). The fraction of sp³-hybridized carbons (Fsp3) is 0.571. The Hall–Kier alpha value is -1.85. The summed E-state index contributed by atoms with van der Waals surface area (Å²) in [6, 6.07) is 3.26. The van der Waals surface area contributed by atoms with Gasteiger partial charge in [0.2, 0.25) is 0 Å². The molecule has 40 heavy (non-hydrogen) atoms. The molecule has 0 N–H and O–H groups in total. The quantitative estimate of drug-likeness (QED) is 0.229. The van der Waals surface area contributed by atoms with Crippen LogP contribution in [0.4, 0.5) is 19.7 Å². The normalized spacial score (nSPS) is 20.2. The highest BCUT2D eigenvalue weighted by Crippen LogP contribution is 2.49. The highest BCUT2D eigenvalue weighted by molar-refractivity contribution is 14.1. The summed E-state index contributed by atoms with van der Waals surface area (Å²) in [6.45, 7) is 11.3. The third-order valence-corrected chi connectivity index (χ3v) is 9.76. The number of ether oxygens (including phenoxy) is 2. The number of thioether (sulfide) groups is 1. The van der Waals surface area contributed by atoms with Crippen LogP contribution in [0, 0.1) is 26.6 Å². The van der Waals surface area contributed by atoms with Gasteiger partial charge < -0.3 is 14.4 Å². The summed E-state index contributed by atoms with van der Waals surface area (Å²) in [6.07, 6.45) is 2.13. The number of pyridine rings is 1. The molecule has 1 saturated carbocycles. The lowest BCUT2D eigenvalue weighted by Gasteiger charge is -2.44. The predicted octanol–water partition coefficient (Wildman–Crippen LogP) is 7.67. The monoisotopic (exact) mass is 746 g/mol. The number of aryl methyl sites for hydroxylation is 1. The van der Waals surface area contributed by atoms with Gasteiger partial charge in [-0.2, -0.15) is 5.26 Å². The number of aromatic nitrogens is 1. The van der Waals surface area contributed by atoms with Gasteiger partial charge in [-0.25, -0.2) is 19.0 Å². The molecule has 2 bridgehead atoms. The van der Waals surface area contributed by atoms with Crippen LogP contribution in [0.2, 0.25) is 0 Å². The molecule has 3 aliphatic rings. The lowest BCUT2D eigenvalue weighted by molar-refractivity contribution is 0.0216. The van der Waals surface area contributed by atoms with E-state index in [0.717, 1.165) is 6.42 Å². The Morgan fingerprint density at radius 3 is 2.50 bits per heavy atom. The lowest BCUT2D eigenvalue weighted by Crippen LogP contribution is -2.59. The molecular formula is C28H33BrFIN4O4S. The molecule has 1 aromatic heterocycles. The molecule has 1 aliphatic carbocycles. The Morgan fingerprint density at radius 2 is 1.93 bits per heavy atom. The molecule has 2 saturated heterocycles. The first-order valence-corrected chi connectivity index (χ1v) is 16.1. The standard InChI is InChI=1S/C28H33BrFIN4O4S/c1-27(2,3)38-25(36)34-13-15-12-17(34)22(15)35(26(37)39-28(4,5)6)23-16-11-14(9-8-10-32)18(29)19(30)21(16)33-24(40-7)20(23)31/h11,15,17,22H,8-9,12-13H2,1-7H3. The van der Waals surface area contributed by atoms with Gasteiger partial charge in [-0.3, -0.25) is 4.90 Å². The van der Waals surface area contributed by atoms with Crippen molar-refractivity contribution in [2.75, 3.05) is 17.7 Å². The summed E-state index contributed by atoms with van der Waals surface area (Å²) >= 11 is 6.88. The van der Waals surface area contributed by atoms with Crippen molar-refractivity contribution in [1.29, 1.82) is 5.26 Å². The van der Waals surface area contributed by atoms with Crippen molar-refractivity contribution < 1.29 is 23.5 Å². The van der Waals surface area contributed by atoms with E-state index in [1.165, 1.54) is 11.8 Å². The van der Waals surface area contributed by atoms with Gasteiger partial charge in [0, 0.05) is 24.3 Å². The average Bonchev–Trinajstić information content (AvgIpc) is 3.43.